The number of hydrogen-bond donors (Lipinski definition) is 3. The SMILES string of the molecule is O=C(O)CCCCCCNC(=O)NCCCC1CCCC1. The average Bonchev–Trinajstić information content (AvgIpc) is 2.95. The first-order chi connectivity index (χ1) is 10.2. The van der Waals surface area contributed by atoms with Crippen molar-refractivity contribution >= 4 is 12.0 Å². The molecular weight excluding hydrogens is 268 g/mol. The lowest BCUT2D eigenvalue weighted by Crippen LogP contribution is -2.36. The molecule has 1 aliphatic rings. The lowest BCUT2D eigenvalue weighted by atomic mass is 10.0. The second kappa shape index (κ2) is 11.4. The Labute approximate surface area is 127 Å². The van der Waals surface area contributed by atoms with Crippen molar-refractivity contribution in [1.29, 1.82) is 0 Å². The molecule has 1 rings (SSSR count). The Hall–Kier alpha value is -1.26. The zero-order valence-corrected chi connectivity index (χ0v) is 13.0. The van der Waals surface area contributed by atoms with Crippen LogP contribution in [0, 0.1) is 5.92 Å². The minimum atomic E-state index is -0.731. The highest BCUT2D eigenvalue weighted by molar-refractivity contribution is 5.73. The molecule has 1 fully saturated rings. The molecule has 0 aromatic heterocycles. The van der Waals surface area contributed by atoms with Crippen molar-refractivity contribution in [2.24, 2.45) is 5.92 Å². The van der Waals surface area contributed by atoms with Gasteiger partial charge in [0.1, 0.15) is 0 Å². The van der Waals surface area contributed by atoms with E-state index < -0.39 is 5.97 Å². The van der Waals surface area contributed by atoms with Crippen LogP contribution in [0.2, 0.25) is 0 Å². The summed E-state index contributed by atoms with van der Waals surface area (Å²) < 4.78 is 0. The Kier molecular flexibility index (Phi) is 9.66. The first kappa shape index (κ1) is 17.8. The summed E-state index contributed by atoms with van der Waals surface area (Å²) in [5.41, 5.74) is 0. The predicted molar refractivity (Wildman–Crippen MR) is 83.3 cm³/mol. The third-order valence-corrected chi connectivity index (χ3v) is 4.15. The van der Waals surface area contributed by atoms with Gasteiger partial charge < -0.3 is 15.7 Å². The van der Waals surface area contributed by atoms with Crippen molar-refractivity contribution in [1.82, 2.24) is 10.6 Å². The van der Waals surface area contributed by atoms with Gasteiger partial charge in [-0.2, -0.15) is 0 Å². The maximum absolute atomic E-state index is 11.5. The van der Waals surface area contributed by atoms with Crippen LogP contribution in [0.1, 0.15) is 70.6 Å². The van der Waals surface area contributed by atoms with Crippen molar-refractivity contribution in [3.8, 4) is 0 Å². The van der Waals surface area contributed by atoms with E-state index in [0.29, 0.717) is 6.54 Å². The Balaban J connectivity index is 1.81. The third kappa shape index (κ3) is 10.2. The molecule has 0 radical (unpaired) electrons. The third-order valence-electron chi connectivity index (χ3n) is 4.15. The zero-order chi connectivity index (χ0) is 15.3. The molecule has 3 N–H and O–H groups in total. The Morgan fingerprint density at radius 1 is 0.905 bits per heavy atom. The number of amides is 2. The summed E-state index contributed by atoms with van der Waals surface area (Å²) in [7, 11) is 0. The number of urea groups is 1. The molecule has 0 heterocycles. The minimum Gasteiger partial charge on any atom is -0.481 e. The van der Waals surface area contributed by atoms with Gasteiger partial charge in [-0.15, -0.1) is 0 Å². The van der Waals surface area contributed by atoms with Crippen LogP contribution in [0.4, 0.5) is 4.79 Å². The lowest BCUT2D eigenvalue weighted by molar-refractivity contribution is -0.137. The van der Waals surface area contributed by atoms with Gasteiger partial charge in [0.05, 0.1) is 0 Å². The average molecular weight is 298 g/mol. The van der Waals surface area contributed by atoms with Crippen LogP contribution < -0.4 is 10.6 Å². The predicted octanol–water partition coefficient (Wildman–Crippen LogP) is 3.29. The molecule has 0 atom stereocenters. The quantitative estimate of drug-likeness (QED) is 0.512. The van der Waals surface area contributed by atoms with Crippen LogP contribution in [0.15, 0.2) is 0 Å². The van der Waals surface area contributed by atoms with E-state index in [2.05, 4.69) is 10.6 Å². The summed E-state index contributed by atoms with van der Waals surface area (Å²) in [6, 6.07) is -0.0769. The smallest absolute Gasteiger partial charge is 0.314 e. The summed E-state index contributed by atoms with van der Waals surface area (Å²) in [6.45, 7) is 1.43. The lowest BCUT2D eigenvalue weighted by Gasteiger charge is -2.10. The van der Waals surface area contributed by atoms with Crippen LogP contribution in [-0.4, -0.2) is 30.2 Å². The van der Waals surface area contributed by atoms with Gasteiger partial charge in [0.15, 0.2) is 0 Å². The van der Waals surface area contributed by atoms with E-state index in [-0.39, 0.29) is 12.5 Å². The fourth-order valence-corrected chi connectivity index (χ4v) is 2.91. The van der Waals surface area contributed by atoms with Crippen LogP contribution in [0.25, 0.3) is 0 Å². The summed E-state index contributed by atoms with van der Waals surface area (Å²) in [6.07, 6.45) is 11.6. The molecule has 2 amide bonds. The Morgan fingerprint density at radius 3 is 2.19 bits per heavy atom. The summed E-state index contributed by atoms with van der Waals surface area (Å²) in [5.74, 6) is 0.158. The molecule has 5 heteroatoms. The maximum atomic E-state index is 11.5. The van der Waals surface area contributed by atoms with E-state index in [1.807, 2.05) is 0 Å². The molecule has 0 aliphatic heterocycles. The molecule has 0 aromatic rings. The van der Waals surface area contributed by atoms with Crippen molar-refractivity contribution in [2.45, 2.75) is 70.6 Å². The van der Waals surface area contributed by atoms with E-state index in [1.165, 1.54) is 32.1 Å². The number of rotatable bonds is 11. The van der Waals surface area contributed by atoms with E-state index in [0.717, 1.165) is 44.6 Å². The molecule has 21 heavy (non-hydrogen) atoms. The summed E-state index contributed by atoms with van der Waals surface area (Å²) >= 11 is 0. The molecule has 0 bridgehead atoms. The van der Waals surface area contributed by atoms with Gasteiger partial charge in [-0.1, -0.05) is 38.5 Å². The molecule has 0 aromatic carbocycles. The summed E-state index contributed by atoms with van der Waals surface area (Å²) in [4.78, 5) is 21.8. The van der Waals surface area contributed by atoms with E-state index in [9.17, 15) is 9.59 Å². The number of nitrogens with one attached hydrogen (secondary N) is 2. The fourth-order valence-electron chi connectivity index (χ4n) is 2.91. The largest absolute Gasteiger partial charge is 0.481 e. The van der Waals surface area contributed by atoms with Crippen LogP contribution in [0.5, 0.6) is 0 Å². The molecule has 0 saturated heterocycles. The van der Waals surface area contributed by atoms with Gasteiger partial charge in [-0.25, -0.2) is 4.79 Å². The van der Waals surface area contributed by atoms with Gasteiger partial charge in [-0.05, 0) is 31.6 Å². The van der Waals surface area contributed by atoms with Gasteiger partial charge in [0, 0.05) is 19.5 Å². The Morgan fingerprint density at radius 2 is 1.52 bits per heavy atom. The molecule has 1 saturated carbocycles. The number of carbonyl (C=O) groups excluding carboxylic acids is 1. The monoisotopic (exact) mass is 298 g/mol. The topological polar surface area (TPSA) is 78.4 Å². The molecule has 0 unspecified atom stereocenters. The number of aliphatic carboxylic acids is 1. The standard InChI is InChI=1S/C16H30N2O3/c19-15(20)11-3-1-2-6-12-17-16(21)18-13-7-10-14-8-4-5-9-14/h14H,1-13H2,(H,19,20)(H2,17,18,21). The van der Waals surface area contributed by atoms with E-state index >= 15 is 0 Å². The zero-order valence-electron chi connectivity index (χ0n) is 13.0. The molecule has 1 aliphatic carbocycles. The van der Waals surface area contributed by atoms with E-state index in [4.69, 9.17) is 5.11 Å². The highest BCUT2D eigenvalue weighted by Gasteiger charge is 2.14. The molecule has 122 valence electrons. The highest BCUT2D eigenvalue weighted by Crippen LogP contribution is 2.28. The first-order valence-electron chi connectivity index (χ1n) is 8.42. The van der Waals surface area contributed by atoms with Crippen molar-refractivity contribution in [2.75, 3.05) is 13.1 Å². The number of unbranched alkanes of at least 4 members (excludes halogenated alkanes) is 3. The van der Waals surface area contributed by atoms with Crippen molar-refractivity contribution in [3.05, 3.63) is 0 Å². The van der Waals surface area contributed by atoms with Crippen LogP contribution in [0.3, 0.4) is 0 Å². The normalized spacial score (nSPS) is 15.0. The van der Waals surface area contributed by atoms with E-state index in [1.54, 1.807) is 0 Å². The first-order valence-corrected chi connectivity index (χ1v) is 8.42. The number of carboxylic acids is 1. The Bertz CT molecular complexity index is 302. The van der Waals surface area contributed by atoms with Crippen LogP contribution >= 0.6 is 0 Å². The molecule has 0 spiro atoms. The van der Waals surface area contributed by atoms with Crippen LogP contribution in [-0.2, 0) is 4.79 Å². The van der Waals surface area contributed by atoms with Crippen molar-refractivity contribution < 1.29 is 14.7 Å². The van der Waals surface area contributed by atoms with Crippen molar-refractivity contribution in [3.63, 3.8) is 0 Å². The van der Waals surface area contributed by atoms with Gasteiger partial charge in [0.25, 0.3) is 0 Å². The number of hydrogen-bond acceptors (Lipinski definition) is 2. The van der Waals surface area contributed by atoms with Gasteiger partial charge >= 0.3 is 12.0 Å². The number of carboxylic acid groups (broad SMARTS) is 1. The summed E-state index contributed by atoms with van der Waals surface area (Å²) in [5, 5.41) is 14.2. The fraction of sp³-hybridized carbons (Fsp3) is 0.875. The minimum absolute atomic E-state index is 0.0769. The van der Waals surface area contributed by atoms with Gasteiger partial charge in [-0.3, -0.25) is 4.79 Å². The second-order valence-corrected chi connectivity index (χ2v) is 6.03. The number of carbonyl (C=O) groups is 2. The maximum Gasteiger partial charge on any atom is 0.314 e. The second-order valence-electron chi connectivity index (χ2n) is 6.03. The van der Waals surface area contributed by atoms with Gasteiger partial charge in [0.2, 0.25) is 0 Å². The highest BCUT2D eigenvalue weighted by atomic mass is 16.4. The molecule has 5 nitrogen and oxygen atoms in total. The molecular formula is C16H30N2O3.